The van der Waals surface area contributed by atoms with Crippen LogP contribution in [0.25, 0.3) is 5.57 Å². The lowest BCUT2D eigenvalue weighted by molar-refractivity contribution is 0.137. The van der Waals surface area contributed by atoms with E-state index in [1.807, 2.05) is 18.2 Å². The molecule has 1 fully saturated rings. The first kappa shape index (κ1) is 13.8. The van der Waals surface area contributed by atoms with Gasteiger partial charge in [0.2, 0.25) is 0 Å². The van der Waals surface area contributed by atoms with E-state index in [2.05, 4.69) is 18.0 Å². The molecule has 2 unspecified atom stereocenters. The standard InChI is InChI=1S/C16H21NO2S/c1-17-14-6-4-7-15(17)10-13(9-14)12-5-3-8-16(11-12)20(2,18)19/h3,5,8-9,11,14-15H,4,6-7,10H2,1-2H3. The van der Waals surface area contributed by atoms with Crippen LogP contribution >= 0.6 is 0 Å². The lowest BCUT2D eigenvalue weighted by Crippen LogP contribution is -2.45. The first-order valence-corrected chi connectivity index (χ1v) is 9.07. The van der Waals surface area contributed by atoms with Gasteiger partial charge < -0.3 is 0 Å². The van der Waals surface area contributed by atoms with Gasteiger partial charge in [-0.2, -0.15) is 0 Å². The number of rotatable bonds is 2. The monoisotopic (exact) mass is 291 g/mol. The van der Waals surface area contributed by atoms with Crippen molar-refractivity contribution in [2.75, 3.05) is 13.3 Å². The Kier molecular flexibility index (Phi) is 3.46. The van der Waals surface area contributed by atoms with E-state index < -0.39 is 9.84 Å². The molecule has 20 heavy (non-hydrogen) atoms. The molecule has 0 aromatic heterocycles. The van der Waals surface area contributed by atoms with Crippen molar-refractivity contribution in [3.63, 3.8) is 0 Å². The smallest absolute Gasteiger partial charge is 0.175 e. The summed E-state index contributed by atoms with van der Waals surface area (Å²) in [6, 6.07) is 8.50. The molecule has 2 atom stereocenters. The van der Waals surface area contributed by atoms with Gasteiger partial charge in [0.15, 0.2) is 9.84 Å². The third kappa shape index (κ3) is 2.54. The predicted molar refractivity (Wildman–Crippen MR) is 81.3 cm³/mol. The fourth-order valence-corrected chi connectivity index (χ4v) is 4.05. The van der Waals surface area contributed by atoms with Gasteiger partial charge in [-0.3, -0.25) is 4.90 Å². The second-order valence-corrected chi connectivity index (χ2v) is 8.03. The summed E-state index contributed by atoms with van der Waals surface area (Å²) in [6.45, 7) is 0. The topological polar surface area (TPSA) is 37.4 Å². The maximum atomic E-state index is 11.7. The maximum absolute atomic E-state index is 11.7. The first-order valence-electron chi connectivity index (χ1n) is 7.18. The summed E-state index contributed by atoms with van der Waals surface area (Å²) >= 11 is 0. The Morgan fingerprint density at radius 2 is 2.05 bits per heavy atom. The summed E-state index contributed by atoms with van der Waals surface area (Å²) in [5.74, 6) is 0. The largest absolute Gasteiger partial charge is 0.297 e. The highest BCUT2D eigenvalue weighted by Crippen LogP contribution is 2.36. The molecule has 0 radical (unpaired) electrons. The Bertz CT molecular complexity index is 648. The molecule has 2 aliphatic rings. The normalized spacial score (nSPS) is 27.2. The van der Waals surface area contributed by atoms with Gasteiger partial charge in [0.05, 0.1) is 4.90 Å². The van der Waals surface area contributed by atoms with Crippen LogP contribution < -0.4 is 0 Å². The van der Waals surface area contributed by atoms with Crippen molar-refractivity contribution >= 4 is 15.4 Å². The first-order chi connectivity index (χ1) is 9.45. The SMILES string of the molecule is CN1C2C=C(c3cccc(S(C)(=O)=O)c3)CC1CCC2. The highest BCUT2D eigenvalue weighted by Gasteiger charge is 2.31. The van der Waals surface area contributed by atoms with Crippen molar-refractivity contribution in [1.82, 2.24) is 4.90 Å². The summed E-state index contributed by atoms with van der Waals surface area (Å²) in [5, 5.41) is 0. The number of likely N-dealkylation sites (N-methyl/N-ethyl adjacent to an activating group) is 1. The highest BCUT2D eigenvalue weighted by atomic mass is 32.2. The molecule has 0 saturated carbocycles. The number of hydrogen-bond donors (Lipinski definition) is 0. The molecule has 0 amide bonds. The molecule has 2 aliphatic heterocycles. The Hall–Kier alpha value is -1.13. The lowest BCUT2D eigenvalue weighted by atomic mass is 9.83. The number of hydrogen-bond acceptors (Lipinski definition) is 3. The zero-order valence-corrected chi connectivity index (χ0v) is 12.9. The second-order valence-electron chi connectivity index (χ2n) is 6.01. The molecule has 3 rings (SSSR count). The van der Waals surface area contributed by atoms with Crippen LogP contribution in [0.5, 0.6) is 0 Å². The summed E-state index contributed by atoms with van der Waals surface area (Å²) < 4.78 is 23.4. The third-order valence-corrected chi connectivity index (χ3v) is 5.73. The number of benzene rings is 1. The molecule has 0 aliphatic carbocycles. The molecule has 2 heterocycles. The van der Waals surface area contributed by atoms with E-state index >= 15 is 0 Å². The van der Waals surface area contributed by atoms with E-state index in [4.69, 9.17) is 0 Å². The quantitative estimate of drug-likeness (QED) is 0.841. The van der Waals surface area contributed by atoms with Crippen LogP contribution in [0.4, 0.5) is 0 Å². The van der Waals surface area contributed by atoms with Crippen molar-refractivity contribution in [2.45, 2.75) is 42.7 Å². The Morgan fingerprint density at radius 1 is 1.25 bits per heavy atom. The van der Waals surface area contributed by atoms with Crippen molar-refractivity contribution in [3.05, 3.63) is 35.9 Å². The number of fused-ring (bicyclic) bond motifs is 2. The van der Waals surface area contributed by atoms with Crippen molar-refractivity contribution in [3.8, 4) is 0 Å². The molecule has 108 valence electrons. The summed E-state index contributed by atoms with van der Waals surface area (Å²) in [7, 11) is -0.928. The van der Waals surface area contributed by atoms with Gasteiger partial charge >= 0.3 is 0 Å². The number of nitrogens with zero attached hydrogens (tertiary/aromatic N) is 1. The Labute approximate surface area is 121 Å². The molecule has 3 nitrogen and oxygen atoms in total. The molecule has 1 aromatic rings. The molecular formula is C16H21NO2S. The minimum atomic E-state index is -3.13. The van der Waals surface area contributed by atoms with Gasteiger partial charge in [-0.1, -0.05) is 24.6 Å². The van der Waals surface area contributed by atoms with Crippen LogP contribution in [0, 0.1) is 0 Å². The van der Waals surface area contributed by atoms with E-state index in [1.54, 1.807) is 6.07 Å². The summed E-state index contributed by atoms with van der Waals surface area (Å²) in [6.07, 6.45) is 8.38. The minimum absolute atomic E-state index is 0.417. The maximum Gasteiger partial charge on any atom is 0.175 e. The van der Waals surface area contributed by atoms with Crippen molar-refractivity contribution in [1.29, 1.82) is 0 Å². The molecule has 0 spiro atoms. The summed E-state index contributed by atoms with van der Waals surface area (Å²) in [4.78, 5) is 2.88. The molecular weight excluding hydrogens is 270 g/mol. The second kappa shape index (κ2) is 5.01. The van der Waals surface area contributed by atoms with Gasteiger partial charge in [0, 0.05) is 18.3 Å². The fourth-order valence-electron chi connectivity index (χ4n) is 3.38. The van der Waals surface area contributed by atoms with Crippen LogP contribution in [0.2, 0.25) is 0 Å². The van der Waals surface area contributed by atoms with E-state index in [0.29, 0.717) is 17.0 Å². The van der Waals surface area contributed by atoms with Gasteiger partial charge in [-0.25, -0.2) is 8.42 Å². The van der Waals surface area contributed by atoms with Crippen LogP contribution in [0.3, 0.4) is 0 Å². The highest BCUT2D eigenvalue weighted by molar-refractivity contribution is 7.90. The van der Waals surface area contributed by atoms with Gasteiger partial charge in [-0.05, 0) is 49.6 Å². The van der Waals surface area contributed by atoms with E-state index in [0.717, 1.165) is 12.0 Å². The summed E-state index contributed by atoms with van der Waals surface area (Å²) in [5.41, 5.74) is 2.38. The van der Waals surface area contributed by atoms with Gasteiger partial charge in [-0.15, -0.1) is 0 Å². The fraction of sp³-hybridized carbons (Fsp3) is 0.500. The predicted octanol–water partition coefficient (Wildman–Crippen LogP) is 2.73. The third-order valence-electron chi connectivity index (χ3n) is 4.62. The van der Waals surface area contributed by atoms with Crippen LogP contribution in [0.15, 0.2) is 35.2 Å². The number of piperidine rings is 1. The zero-order valence-electron chi connectivity index (χ0n) is 12.0. The molecule has 0 N–H and O–H groups in total. The Balaban J connectivity index is 1.98. The number of sulfone groups is 1. The van der Waals surface area contributed by atoms with Crippen LogP contribution in [-0.2, 0) is 9.84 Å². The molecule has 2 bridgehead atoms. The van der Waals surface area contributed by atoms with Gasteiger partial charge in [0.1, 0.15) is 0 Å². The molecule has 1 aromatic carbocycles. The van der Waals surface area contributed by atoms with E-state index in [-0.39, 0.29) is 0 Å². The molecule has 1 saturated heterocycles. The van der Waals surface area contributed by atoms with Crippen molar-refractivity contribution in [2.24, 2.45) is 0 Å². The van der Waals surface area contributed by atoms with Crippen LogP contribution in [0.1, 0.15) is 31.2 Å². The van der Waals surface area contributed by atoms with E-state index in [9.17, 15) is 8.42 Å². The minimum Gasteiger partial charge on any atom is -0.297 e. The Morgan fingerprint density at radius 3 is 2.75 bits per heavy atom. The van der Waals surface area contributed by atoms with Gasteiger partial charge in [0.25, 0.3) is 0 Å². The van der Waals surface area contributed by atoms with E-state index in [1.165, 1.54) is 31.1 Å². The average molecular weight is 291 g/mol. The lowest BCUT2D eigenvalue weighted by Gasteiger charge is -2.42. The van der Waals surface area contributed by atoms with Crippen LogP contribution in [-0.4, -0.2) is 38.7 Å². The zero-order chi connectivity index (χ0) is 14.3. The van der Waals surface area contributed by atoms with Crippen molar-refractivity contribution < 1.29 is 8.42 Å². The molecule has 4 heteroatoms. The average Bonchev–Trinajstić information content (AvgIpc) is 2.37.